The molecule has 0 rings (SSSR count). The number of hydrogen-bond donors (Lipinski definition) is 1. The Morgan fingerprint density at radius 2 is 1.78 bits per heavy atom. The molecule has 1 nitrogen and oxygen atoms in total. The quantitative estimate of drug-likeness (QED) is 0.617. The van der Waals surface area contributed by atoms with E-state index in [2.05, 4.69) is 20.8 Å². The van der Waals surface area contributed by atoms with E-state index in [1.165, 1.54) is 6.42 Å². The molecule has 0 fully saturated rings. The van der Waals surface area contributed by atoms with Gasteiger partial charge in [0.15, 0.2) is 0 Å². The number of aliphatic hydroxyl groups excluding tert-OH is 1. The Hall–Kier alpha value is -0.0400. The highest BCUT2D eigenvalue weighted by Gasteiger charge is 2.07. The van der Waals surface area contributed by atoms with Crippen LogP contribution in [-0.4, -0.2) is 11.7 Å². The molecule has 0 amide bonds. The summed E-state index contributed by atoms with van der Waals surface area (Å²) in [7, 11) is 0. The minimum Gasteiger partial charge on any atom is -0.396 e. The van der Waals surface area contributed by atoms with Crippen molar-refractivity contribution < 1.29 is 5.11 Å². The molecule has 0 aromatic rings. The fraction of sp³-hybridized carbons (Fsp3) is 1.00. The fourth-order valence-corrected chi connectivity index (χ4v) is 0.891. The average molecular weight is 130 g/mol. The van der Waals surface area contributed by atoms with Crippen molar-refractivity contribution >= 4 is 0 Å². The second-order valence-electron chi connectivity index (χ2n) is 2.88. The molecule has 0 aromatic heterocycles. The molecular formula is C8H18O. The Kier molecular flexibility index (Phi) is 4.78. The first-order valence-electron chi connectivity index (χ1n) is 3.83. The standard InChI is InChI=1S/C8H18O/c1-4-7(2)8(3)5-6-9/h7-9H,4-6H2,1-3H3/t7-,8-/m1/s1. The molecular weight excluding hydrogens is 112 g/mol. The molecule has 0 heterocycles. The van der Waals surface area contributed by atoms with Crippen molar-refractivity contribution in [3.63, 3.8) is 0 Å². The highest BCUT2D eigenvalue weighted by atomic mass is 16.3. The van der Waals surface area contributed by atoms with Crippen LogP contribution in [0.2, 0.25) is 0 Å². The normalized spacial score (nSPS) is 17.3. The lowest BCUT2D eigenvalue weighted by atomic mass is 9.91. The van der Waals surface area contributed by atoms with Crippen molar-refractivity contribution in [2.45, 2.75) is 33.6 Å². The lowest BCUT2D eigenvalue weighted by Crippen LogP contribution is -2.08. The summed E-state index contributed by atoms with van der Waals surface area (Å²) in [5.74, 6) is 1.44. The maximum absolute atomic E-state index is 8.58. The van der Waals surface area contributed by atoms with Crippen LogP contribution in [0.4, 0.5) is 0 Å². The van der Waals surface area contributed by atoms with Crippen LogP contribution in [0, 0.1) is 11.8 Å². The summed E-state index contributed by atoms with van der Waals surface area (Å²) >= 11 is 0. The molecule has 0 aliphatic heterocycles. The Labute approximate surface area is 58.1 Å². The van der Waals surface area contributed by atoms with E-state index in [1.54, 1.807) is 0 Å². The monoisotopic (exact) mass is 130 g/mol. The molecule has 0 saturated carbocycles. The van der Waals surface area contributed by atoms with E-state index in [9.17, 15) is 0 Å². The molecule has 0 aromatic carbocycles. The van der Waals surface area contributed by atoms with Gasteiger partial charge in [-0.25, -0.2) is 0 Å². The van der Waals surface area contributed by atoms with Gasteiger partial charge in [-0.05, 0) is 18.3 Å². The van der Waals surface area contributed by atoms with Crippen LogP contribution in [0.3, 0.4) is 0 Å². The van der Waals surface area contributed by atoms with Crippen LogP contribution >= 0.6 is 0 Å². The molecule has 0 unspecified atom stereocenters. The van der Waals surface area contributed by atoms with Gasteiger partial charge in [-0.3, -0.25) is 0 Å². The zero-order chi connectivity index (χ0) is 7.28. The van der Waals surface area contributed by atoms with E-state index in [0.29, 0.717) is 12.5 Å². The van der Waals surface area contributed by atoms with E-state index in [-0.39, 0.29) is 0 Å². The molecule has 2 atom stereocenters. The first-order chi connectivity index (χ1) is 4.22. The summed E-state index contributed by atoms with van der Waals surface area (Å²) in [4.78, 5) is 0. The van der Waals surface area contributed by atoms with Crippen LogP contribution in [0.5, 0.6) is 0 Å². The third kappa shape index (κ3) is 3.52. The number of aliphatic hydroxyl groups is 1. The summed E-state index contributed by atoms with van der Waals surface area (Å²) in [6.07, 6.45) is 2.18. The maximum atomic E-state index is 8.58. The molecule has 1 heteroatoms. The lowest BCUT2D eigenvalue weighted by Gasteiger charge is -2.15. The minimum absolute atomic E-state index is 0.339. The molecule has 56 valence electrons. The maximum Gasteiger partial charge on any atom is 0.0433 e. The first kappa shape index (κ1) is 8.96. The summed E-state index contributed by atoms with van der Waals surface area (Å²) in [6, 6.07) is 0. The average Bonchev–Trinajstić information content (AvgIpc) is 1.87. The van der Waals surface area contributed by atoms with Crippen molar-refractivity contribution in [1.29, 1.82) is 0 Å². The van der Waals surface area contributed by atoms with E-state index >= 15 is 0 Å². The smallest absolute Gasteiger partial charge is 0.0433 e. The molecule has 0 aliphatic carbocycles. The SMILES string of the molecule is CC[C@@H](C)[C@H](C)CCO. The van der Waals surface area contributed by atoms with Gasteiger partial charge in [-0.2, -0.15) is 0 Å². The summed E-state index contributed by atoms with van der Waals surface area (Å²) < 4.78 is 0. The molecule has 0 spiro atoms. The summed E-state index contributed by atoms with van der Waals surface area (Å²) in [5, 5.41) is 8.58. The first-order valence-corrected chi connectivity index (χ1v) is 3.83. The molecule has 1 N–H and O–H groups in total. The Balaban J connectivity index is 3.32. The van der Waals surface area contributed by atoms with Crippen molar-refractivity contribution in [3.05, 3.63) is 0 Å². The molecule has 0 bridgehead atoms. The molecule has 0 saturated heterocycles. The van der Waals surface area contributed by atoms with Gasteiger partial charge in [-0.1, -0.05) is 27.2 Å². The Morgan fingerprint density at radius 1 is 1.22 bits per heavy atom. The predicted octanol–water partition coefficient (Wildman–Crippen LogP) is 2.05. The van der Waals surface area contributed by atoms with Crippen molar-refractivity contribution in [3.8, 4) is 0 Å². The second-order valence-corrected chi connectivity index (χ2v) is 2.88. The third-order valence-corrected chi connectivity index (χ3v) is 2.20. The summed E-state index contributed by atoms with van der Waals surface area (Å²) in [5.41, 5.74) is 0. The van der Waals surface area contributed by atoms with Gasteiger partial charge in [0.25, 0.3) is 0 Å². The van der Waals surface area contributed by atoms with E-state index in [1.807, 2.05) is 0 Å². The zero-order valence-electron chi connectivity index (χ0n) is 6.72. The molecule has 9 heavy (non-hydrogen) atoms. The summed E-state index contributed by atoms with van der Waals surface area (Å²) in [6.45, 7) is 6.97. The highest BCUT2D eigenvalue weighted by molar-refractivity contribution is 4.58. The van der Waals surface area contributed by atoms with Gasteiger partial charge < -0.3 is 5.11 Å². The van der Waals surface area contributed by atoms with E-state index in [0.717, 1.165) is 12.3 Å². The topological polar surface area (TPSA) is 20.2 Å². The van der Waals surface area contributed by atoms with Gasteiger partial charge in [0.1, 0.15) is 0 Å². The zero-order valence-corrected chi connectivity index (χ0v) is 6.72. The van der Waals surface area contributed by atoms with Gasteiger partial charge in [0.05, 0.1) is 0 Å². The third-order valence-electron chi connectivity index (χ3n) is 2.20. The predicted molar refractivity (Wildman–Crippen MR) is 40.3 cm³/mol. The molecule has 0 aliphatic rings. The number of rotatable bonds is 4. The van der Waals surface area contributed by atoms with Gasteiger partial charge in [0, 0.05) is 6.61 Å². The van der Waals surface area contributed by atoms with Crippen LogP contribution < -0.4 is 0 Å². The fourth-order valence-electron chi connectivity index (χ4n) is 0.891. The van der Waals surface area contributed by atoms with Crippen LogP contribution in [0.1, 0.15) is 33.6 Å². The van der Waals surface area contributed by atoms with Gasteiger partial charge in [-0.15, -0.1) is 0 Å². The van der Waals surface area contributed by atoms with Crippen molar-refractivity contribution in [2.24, 2.45) is 11.8 Å². The van der Waals surface area contributed by atoms with E-state index in [4.69, 9.17) is 5.11 Å². The van der Waals surface area contributed by atoms with E-state index < -0.39 is 0 Å². The number of hydrogen-bond acceptors (Lipinski definition) is 1. The van der Waals surface area contributed by atoms with Crippen molar-refractivity contribution in [2.75, 3.05) is 6.61 Å². The highest BCUT2D eigenvalue weighted by Crippen LogP contribution is 2.16. The Bertz CT molecular complexity index is 61.6. The van der Waals surface area contributed by atoms with Crippen LogP contribution in [-0.2, 0) is 0 Å². The lowest BCUT2D eigenvalue weighted by molar-refractivity contribution is 0.233. The molecule has 0 radical (unpaired) electrons. The Morgan fingerprint density at radius 3 is 2.11 bits per heavy atom. The largest absolute Gasteiger partial charge is 0.396 e. The minimum atomic E-state index is 0.339. The van der Waals surface area contributed by atoms with Crippen LogP contribution in [0.15, 0.2) is 0 Å². The van der Waals surface area contributed by atoms with Crippen LogP contribution in [0.25, 0.3) is 0 Å². The van der Waals surface area contributed by atoms with Gasteiger partial charge in [0.2, 0.25) is 0 Å². The van der Waals surface area contributed by atoms with Crippen molar-refractivity contribution in [1.82, 2.24) is 0 Å². The second kappa shape index (κ2) is 4.80. The van der Waals surface area contributed by atoms with Gasteiger partial charge >= 0.3 is 0 Å².